The van der Waals surface area contributed by atoms with Crippen molar-refractivity contribution in [3.8, 4) is 33.2 Å². The number of amides is 1. The first-order chi connectivity index (χ1) is 18.7. The molecule has 0 bridgehead atoms. The first kappa shape index (κ1) is 22.7. The molecule has 0 aromatic carbocycles. The fourth-order valence-corrected chi connectivity index (χ4v) is 5.91. The second kappa shape index (κ2) is 9.46. The summed E-state index contributed by atoms with van der Waals surface area (Å²) in [7, 11) is 0. The predicted octanol–water partition coefficient (Wildman–Crippen LogP) is 6.21. The number of rotatable bonds is 5. The van der Waals surface area contributed by atoms with Gasteiger partial charge in [0.2, 0.25) is 5.91 Å². The maximum Gasteiger partial charge on any atom is 0.227 e. The molecule has 0 aliphatic heterocycles. The second-order valence-electron chi connectivity index (χ2n) is 9.62. The highest BCUT2D eigenvalue weighted by atomic mass is 32.1. The largest absolute Gasteiger partial charge is 0.335 e. The number of fused-ring (bicyclic) bond motifs is 2. The molecule has 9 nitrogen and oxygen atoms in total. The zero-order chi connectivity index (χ0) is 25.5. The molecule has 1 fully saturated rings. The third-order valence-corrected chi connectivity index (χ3v) is 8.03. The Hall–Kier alpha value is -4.44. The van der Waals surface area contributed by atoms with Crippen LogP contribution in [0.5, 0.6) is 0 Å². The molecule has 3 N–H and O–H groups in total. The van der Waals surface area contributed by atoms with Crippen molar-refractivity contribution >= 4 is 44.9 Å². The number of aromatic amines is 2. The molecule has 0 saturated heterocycles. The van der Waals surface area contributed by atoms with Crippen molar-refractivity contribution < 1.29 is 4.79 Å². The molecule has 10 heteroatoms. The minimum Gasteiger partial charge on any atom is -0.335 e. The lowest BCUT2D eigenvalue weighted by Gasteiger charge is -2.20. The van der Waals surface area contributed by atoms with Gasteiger partial charge in [0.15, 0.2) is 5.82 Å². The van der Waals surface area contributed by atoms with Gasteiger partial charge in [-0.05, 0) is 36.4 Å². The number of hydrogen-bond acceptors (Lipinski definition) is 7. The fourth-order valence-electron chi connectivity index (χ4n) is 5.17. The number of H-pyrrole nitrogens is 2. The average Bonchev–Trinajstić information content (AvgIpc) is 3.73. The van der Waals surface area contributed by atoms with Crippen LogP contribution in [0.4, 0.5) is 5.69 Å². The zero-order valence-corrected chi connectivity index (χ0v) is 21.3. The Kier molecular flexibility index (Phi) is 5.66. The van der Waals surface area contributed by atoms with Crippen molar-refractivity contribution in [2.45, 2.75) is 32.1 Å². The van der Waals surface area contributed by atoms with Gasteiger partial charge in [-0.2, -0.15) is 5.10 Å². The topological polar surface area (TPSA) is 125 Å². The number of anilines is 1. The molecule has 6 aromatic rings. The van der Waals surface area contributed by atoms with Gasteiger partial charge in [0.1, 0.15) is 11.2 Å². The van der Waals surface area contributed by atoms with E-state index in [4.69, 9.17) is 4.98 Å². The van der Waals surface area contributed by atoms with Gasteiger partial charge in [0.25, 0.3) is 0 Å². The zero-order valence-electron chi connectivity index (χ0n) is 20.4. The van der Waals surface area contributed by atoms with Crippen LogP contribution in [0.3, 0.4) is 0 Å². The molecular weight excluding hydrogens is 496 g/mol. The molecule has 6 heterocycles. The molecule has 1 aliphatic rings. The molecule has 7 rings (SSSR count). The van der Waals surface area contributed by atoms with Crippen molar-refractivity contribution in [1.29, 1.82) is 0 Å². The molecular formula is C28H24N8OS. The van der Waals surface area contributed by atoms with Crippen molar-refractivity contribution in [3.05, 3.63) is 60.6 Å². The van der Waals surface area contributed by atoms with Crippen LogP contribution in [0.15, 0.2) is 60.6 Å². The van der Waals surface area contributed by atoms with E-state index in [9.17, 15) is 4.79 Å². The van der Waals surface area contributed by atoms with Crippen molar-refractivity contribution in [2.75, 3.05) is 5.32 Å². The second-order valence-corrected chi connectivity index (χ2v) is 10.6. The van der Waals surface area contributed by atoms with Crippen LogP contribution in [0.1, 0.15) is 32.1 Å². The number of carbonyl (C=O) groups is 1. The number of thiophene rings is 1. The third-order valence-electron chi connectivity index (χ3n) is 7.13. The molecule has 1 aliphatic carbocycles. The van der Waals surface area contributed by atoms with Gasteiger partial charge in [-0.15, -0.1) is 11.3 Å². The van der Waals surface area contributed by atoms with Gasteiger partial charge < -0.3 is 10.3 Å². The summed E-state index contributed by atoms with van der Waals surface area (Å²) in [6.07, 6.45) is 14.2. The number of nitrogens with zero attached hydrogens (tertiary/aromatic N) is 5. The van der Waals surface area contributed by atoms with Crippen LogP contribution >= 0.6 is 11.3 Å². The number of imidazole rings is 1. The first-order valence-corrected chi connectivity index (χ1v) is 13.6. The summed E-state index contributed by atoms with van der Waals surface area (Å²) in [5.74, 6) is 0.806. The van der Waals surface area contributed by atoms with E-state index in [1.165, 1.54) is 6.42 Å². The number of carbonyl (C=O) groups excluding carboxylic acids is 1. The van der Waals surface area contributed by atoms with Crippen LogP contribution in [-0.4, -0.2) is 41.0 Å². The van der Waals surface area contributed by atoms with E-state index in [0.717, 1.165) is 69.3 Å². The normalized spacial score (nSPS) is 14.3. The van der Waals surface area contributed by atoms with E-state index in [0.29, 0.717) is 17.2 Å². The Balaban J connectivity index is 1.23. The third kappa shape index (κ3) is 4.12. The monoisotopic (exact) mass is 520 g/mol. The van der Waals surface area contributed by atoms with Crippen molar-refractivity contribution in [3.63, 3.8) is 0 Å². The van der Waals surface area contributed by atoms with Crippen molar-refractivity contribution in [2.24, 2.45) is 5.92 Å². The lowest BCUT2D eigenvalue weighted by atomic mass is 9.88. The van der Waals surface area contributed by atoms with E-state index in [2.05, 4.69) is 41.5 Å². The molecule has 0 unspecified atom stereocenters. The van der Waals surface area contributed by atoms with Crippen LogP contribution in [-0.2, 0) is 4.79 Å². The molecule has 6 aromatic heterocycles. The average molecular weight is 521 g/mol. The Bertz CT molecular complexity index is 1760. The minimum absolute atomic E-state index is 0.0745. The highest BCUT2D eigenvalue weighted by molar-refractivity contribution is 7.13. The molecule has 0 radical (unpaired) electrons. The molecule has 0 atom stereocenters. The van der Waals surface area contributed by atoms with E-state index in [1.54, 1.807) is 36.1 Å². The van der Waals surface area contributed by atoms with Gasteiger partial charge in [-0.25, -0.2) is 4.98 Å². The van der Waals surface area contributed by atoms with Crippen LogP contribution < -0.4 is 5.32 Å². The summed E-state index contributed by atoms with van der Waals surface area (Å²) in [5, 5.41) is 13.6. The van der Waals surface area contributed by atoms with Gasteiger partial charge in [0, 0.05) is 39.7 Å². The molecule has 0 spiro atoms. The molecule has 1 amide bonds. The first-order valence-electron chi connectivity index (χ1n) is 12.7. The quantitative estimate of drug-likeness (QED) is 0.248. The summed E-state index contributed by atoms with van der Waals surface area (Å²) < 4.78 is 0. The van der Waals surface area contributed by atoms with E-state index < -0.39 is 0 Å². The summed E-state index contributed by atoms with van der Waals surface area (Å²) >= 11 is 1.66. The fraction of sp³-hybridized carbons (Fsp3) is 0.214. The maximum absolute atomic E-state index is 12.7. The van der Waals surface area contributed by atoms with Gasteiger partial charge in [-0.1, -0.05) is 25.3 Å². The maximum atomic E-state index is 12.7. The number of hydrogen-bond donors (Lipinski definition) is 3. The highest BCUT2D eigenvalue weighted by Gasteiger charge is 2.21. The minimum atomic E-state index is 0.0745. The molecule has 188 valence electrons. The summed E-state index contributed by atoms with van der Waals surface area (Å²) in [6.45, 7) is 0. The summed E-state index contributed by atoms with van der Waals surface area (Å²) in [4.78, 5) is 35.5. The standard InChI is InChI=1S/C28H24N8OS/c37-28(16-5-2-1-3-6-16)32-18-9-17(11-29-12-18)21-10-19-22(15-31-21)35-36-26(19)27-33-23-14-30-13-20(25(23)34-27)24-7-4-8-38-24/h4,7-16H,1-3,5-6H2,(H,32,37)(H,33,34)(H,35,36). The Labute approximate surface area is 221 Å². The molecule has 1 saturated carbocycles. The number of nitrogens with one attached hydrogen (secondary N) is 3. The smallest absolute Gasteiger partial charge is 0.227 e. The lowest BCUT2D eigenvalue weighted by Crippen LogP contribution is -2.24. The Morgan fingerprint density at radius 3 is 2.76 bits per heavy atom. The van der Waals surface area contributed by atoms with Gasteiger partial charge in [0.05, 0.1) is 41.0 Å². The van der Waals surface area contributed by atoms with E-state index in [1.807, 2.05) is 29.8 Å². The van der Waals surface area contributed by atoms with Crippen LogP contribution in [0.25, 0.3) is 55.2 Å². The van der Waals surface area contributed by atoms with E-state index >= 15 is 0 Å². The highest BCUT2D eigenvalue weighted by Crippen LogP contribution is 2.34. The van der Waals surface area contributed by atoms with Crippen LogP contribution in [0.2, 0.25) is 0 Å². The van der Waals surface area contributed by atoms with Gasteiger partial charge >= 0.3 is 0 Å². The lowest BCUT2D eigenvalue weighted by molar-refractivity contribution is -0.120. The number of aromatic nitrogens is 7. The Morgan fingerprint density at radius 1 is 1.00 bits per heavy atom. The van der Waals surface area contributed by atoms with Crippen molar-refractivity contribution in [1.82, 2.24) is 35.1 Å². The summed E-state index contributed by atoms with van der Waals surface area (Å²) in [5.41, 5.74) is 6.42. The van der Waals surface area contributed by atoms with Gasteiger partial charge in [-0.3, -0.25) is 24.8 Å². The SMILES string of the molecule is O=C(Nc1cncc(-c2cc3c(-c4nc5c(-c6cccs6)cncc5[nH]4)n[nH]c3cn2)c1)C1CCCCC1. The molecule has 38 heavy (non-hydrogen) atoms. The predicted molar refractivity (Wildman–Crippen MR) is 149 cm³/mol. The van der Waals surface area contributed by atoms with Crippen LogP contribution in [0, 0.1) is 5.92 Å². The Morgan fingerprint density at radius 2 is 1.89 bits per heavy atom. The summed E-state index contributed by atoms with van der Waals surface area (Å²) in [6, 6.07) is 7.98. The number of pyridine rings is 3. The van der Waals surface area contributed by atoms with E-state index in [-0.39, 0.29) is 11.8 Å².